The quantitative estimate of drug-likeness (QED) is 0.558. The average Bonchev–Trinajstić information content (AvgIpc) is 2.41. The lowest BCUT2D eigenvalue weighted by molar-refractivity contribution is -0.498. The number of carbonyl (C=O) groups excluding carboxylic acids is 1. The number of fused-ring (bicyclic) bond motifs is 1. The van der Waals surface area contributed by atoms with Crippen LogP contribution in [0.15, 0.2) is 18.2 Å². The molecule has 2 rings (SSSR count). The number of nitrogens with one attached hydrogen (secondary N) is 1. The third kappa shape index (κ3) is 1.33. The van der Waals surface area contributed by atoms with Crippen LogP contribution >= 0.6 is 0 Å². The maximum absolute atomic E-state index is 13.2. The minimum Gasteiger partial charge on any atom is -0.370 e. The van der Waals surface area contributed by atoms with Crippen molar-refractivity contribution in [2.75, 3.05) is 11.9 Å². The summed E-state index contributed by atoms with van der Waals surface area (Å²) in [7, 11) is 0. The fourth-order valence-corrected chi connectivity index (χ4v) is 1.68. The lowest BCUT2D eigenvalue weighted by Gasteiger charge is -2.15. The van der Waals surface area contributed by atoms with Crippen LogP contribution in [0.25, 0.3) is 0 Å². The highest BCUT2D eigenvalue weighted by atomic mass is 19.1. The first-order chi connectivity index (χ1) is 7.45. The predicted octanol–water partition coefficient (Wildman–Crippen LogP) is 0.242. The van der Waals surface area contributed by atoms with E-state index in [0.29, 0.717) is 0 Å². The Morgan fingerprint density at radius 1 is 1.56 bits per heavy atom. The Kier molecular flexibility index (Phi) is 2.13. The van der Waals surface area contributed by atoms with Crippen LogP contribution in [-0.2, 0) is 10.4 Å². The van der Waals surface area contributed by atoms with Crippen LogP contribution in [0.4, 0.5) is 10.1 Å². The summed E-state index contributed by atoms with van der Waals surface area (Å²) < 4.78 is 13.2. The summed E-state index contributed by atoms with van der Waals surface area (Å²) in [6, 6.07) is 3.65. The summed E-state index contributed by atoms with van der Waals surface area (Å²) in [6.45, 7) is -0.991. The molecule has 0 saturated carbocycles. The van der Waals surface area contributed by atoms with Gasteiger partial charge in [0.1, 0.15) is 5.82 Å². The fourth-order valence-electron chi connectivity index (χ4n) is 1.68. The van der Waals surface area contributed by atoms with Crippen molar-refractivity contribution in [1.82, 2.24) is 0 Å². The van der Waals surface area contributed by atoms with Crippen molar-refractivity contribution in [2.24, 2.45) is 0 Å². The second kappa shape index (κ2) is 3.24. The molecule has 0 radical (unpaired) electrons. The molecular formula is C9H7FN2O4. The number of aliphatic hydroxyl groups is 1. The SMILES string of the molecule is O=C1Nc2c(F)cccc2[C@@]1(O)C[N+](=O)[O-]. The molecule has 0 unspecified atom stereocenters. The van der Waals surface area contributed by atoms with Gasteiger partial charge in [-0.1, -0.05) is 12.1 Å². The summed E-state index contributed by atoms with van der Waals surface area (Å²) in [5.41, 5.74) is -2.59. The molecule has 1 aliphatic rings. The molecule has 0 aliphatic carbocycles. The largest absolute Gasteiger partial charge is 0.370 e. The molecule has 0 aromatic heterocycles. The lowest BCUT2D eigenvalue weighted by Crippen LogP contribution is -2.40. The number of benzene rings is 1. The highest BCUT2D eigenvalue weighted by molar-refractivity contribution is 6.05. The second-order valence-corrected chi connectivity index (χ2v) is 3.47. The molecule has 84 valence electrons. The molecule has 0 spiro atoms. The maximum Gasteiger partial charge on any atom is 0.268 e. The number of carbonyl (C=O) groups is 1. The third-order valence-corrected chi connectivity index (χ3v) is 2.43. The van der Waals surface area contributed by atoms with E-state index >= 15 is 0 Å². The zero-order valence-electron chi connectivity index (χ0n) is 7.94. The van der Waals surface area contributed by atoms with Gasteiger partial charge in [-0.25, -0.2) is 4.39 Å². The Balaban J connectivity index is 2.55. The number of nitro groups is 1. The molecule has 16 heavy (non-hydrogen) atoms. The normalized spacial score (nSPS) is 22.8. The van der Waals surface area contributed by atoms with Gasteiger partial charge in [-0.05, 0) is 6.07 Å². The number of nitrogens with zero attached hydrogens (tertiary/aromatic N) is 1. The standard InChI is InChI=1S/C9H7FN2O4/c10-6-3-1-2-5-7(6)11-8(13)9(5,14)4-12(15)16/h1-3,14H,4H2,(H,11,13)/t9-/m0/s1. The summed E-state index contributed by atoms with van der Waals surface area (Å²) in [5, 5.41) is 22.4. The van der Waals surface area contributed by atoms with Crippen molar-refractivity contribution in [1.29, 1.82) is 0 Å². The Bertz CT molecular complexity index is 490. The summed E-state index contributed by atoms with van der Waals surface area (Å²) in [5.74, 6) is -1.71. The van der Waals surface area contributed by atoms with E-state index in [1.807, 2.05) is 0 Å². The van der Waals surface area contributed by atoms with Gasteiger partial charge in [-0.15, -0.1) is 0 Å². The fraction of sp³-hybridized carbons (Fsp3) is 0.222. The summed E-state index contributed by atoms with van der Waals surface area (Å²) in [4.78, 5) is 21.0. The van der Waals surface area contributed by atoms with Gasteiger partial charge in [0.05, 0.1) is 5.69 Å². The van der Waals surface area contributed by atoms with E-state index in [-0.39, 0.29) is 11.3 Å². The van der Waals surface area contributed by atoms with Crippen LogP contribution in [0, 0.1) is 15.9 Å². The van der Waals surface area contributed by atoms with Crippen molar-refractivity contribution in [3.8, 4) is 0 Å². The van der Waals surface area contributed by atoms with E-state index < -0.39 is 28.8 Å². The van der Waals surface area contributed by atoms with Crippen LogP contribution in [0.2, 0.25) is 0 Å². The highest BCUT2D eigenvalue weighted by Crippen LogP contribution is 2.37. The third-order valence-electron chi connectivity index (χ3n) is 2.43. The molecule has 1 aromatic carbocycles. The Hall–Kier alpha value is -2.02. The van der Waals surface area contributed by atoms with E-state index in [9.17, 15) is 24.4 Å². The van der Waals surface area contributed by atoms with Crippen LogP contribution < -0.4 is 5.32 Å². The Morgan fingerprint density at radius 2 is 2.25 bits per heavy atom. The van der Waals surface area contributed by atoms with Crippen LogP contribution in [0.1, 0.15) is 5.56 Å². The van der Waals surface area contributed by atoms with Crippen LogP contribution in [0.3, 0.4) is 0 Å². The first-order valence-electron chi connectivity index (χ1n) is 4.40. The molecule has 1 aromatic rings. The number of hydrogen-bond donors (Lipinski definition) is 2. The Morgan fingerprint density at radius 3 is 2.88 bits per heavy atom. The zero-order valence-corrected chi connectivity index (χ0v) is 7.94. The number of anilines is 1. The maximum atomic E-state index is 13.2. The number of amides is 1. The van der Waals surface area contributed by atoms with Gasteiger partial charge in [0.15, 0.2) is 0 Å². The second-order valence-electron chi connectivity index (χ2n) is 3.47. The van der Waals surface area contributed by atoms with Gasteiger partial charge in [0.25, 0.3) is 5.91 Å². The number of para-hydroxylation sites is 1. The van der Waals surface area contributed by atoms with Crippen molar-refractivity contribution in [3.05, 3.63) is 39.7 Å². The molecule has 0 fully saturated rings. The average molecular weight is 226 g/mol. The predicted molar refractivity (Wildman–Crippen MR) is 50.8 cm³/mol. The minimum atomic E-state index is -2.29. The van der Waals surface area contributed by atoms with Crippen molar-refractivity contribution < 1.29 is 19.2 Å². The van der Waals surface area contributed by atoms with Gasteiger partial charge < -0.3 is 10.4 Å². The molecule has 1 aliphatic heterocycles. The minimum absolute atomic E-state index is 0.103. The first-order valence-corrected chi connectivity index (χ1v) is 4.40. The summed E-state index contributed by atoms with van der Waals surface area (Å²) >= 11 is 0. The van der Waals surface area contributed by atoms with Gasteiger partial charge in [0.2, 0.25) is 12.1 Å². The Labute approximate surface area is 88.8 Å². The lowest BCUT2D eigenvalue weighted by atomic mass is 9.95. The van der Waals surface area contributed by atoms with Crippen LogP contribution in [0.5, 0.6) is 0 Å². The van der Waals surface area contributed by atoms with Gasteiger partial charge in [-0.3, -0.25) is 14.9 Å². The monoisotopic (exact) mass is 226 g/mol. The number of rotatable bonds is 2. The smallest absolute Gasteiger partial charge is 0.268 e. The van der Waals surface area contributed by atoms with Gasteiger partial charge >= 0.3 is 0 Å². The molecule has 1 atom stereocenters. The van der Waals surface area contributed by atoms with Crippen LogP contribution in [-0.4, -0.2) is 22.5 Å². The molecule has 1 amide bonds. The van der Waals surface area contributed by atoms with E-state index in [0.717, 1.165) is 6.07 Å². The molecule has 6 nitrogen and oxygen atoms in total. The molecule has 1 heterocycles. The molecule has 7 heteroatoms. The van der Waals surface area contributed by atoms with E-state index in [4.69, 9.17) is 0 Å². The van der Waals surface area contributed by atoms with Gasteiger partial charge in [0, 0.05) is 10.5 Å². The molecule has 2 N–H and O–H groups in total. The molecule has 0 saturated heterocycles. The summed E-state index contributed by atoms with van der Waals surface area (Å²) in [6.07, 6.45) is 0. The molecular weight excluding hydrogens is 219 g/mol. The van der Waals surface area contributed by atoms with E-state index in [1.165, 1.54) is 12.1 Å². The van der Waals surface area contributed by atoms with Gasteiger partial charge in [-0.2, -0.15) is 0 Å². The first kappa shape index (κ1) is 10.5. The highest BCUT2D eigenvalue weighted by Gasteiger charge is 2.50. The topological polar surface area (TPSA) is 92.5 Å². The van der Waals surface area contributed by atoms with Crippen molar-refractivity contribution in [2.45, 2.75) is 5.60 Å². The van der Waals surface area contributed by atoms with E-state index in [1.54, 1.807) is 0 Å². The zero-order chi connectivity index (χ0) is 11.9. The molecule has 0 bridgehead atoms. The van der Waals surface area contributed by atoms with E-state index in [2.05, 4.69) is 5.32 Å². The number of hydrogen-bond acceptors (Lipinski definition) is 4. The number of halogens is 1. The van der Waals surface area contributed by atoms with Crippen molar-refractivity contribution >= 4 is 11.6 Å². The van der Waals surface area contributed by atoms with Crippen molar-refractivity contribution in [3.63, 3.8) is 0 Å².